The molecule has 1 heterocycles. The summed E-state index contributed by atoms with van der Waals surface area (Å²) in [5, 5.41) is 12.6. The number of sulfonamides is 1. The number of aliphatic hydroxyl groups excluding tert-OH is 1. The Bertz CT molecular complexity index is 1460. The van der Waals surface area contributed by atoms with Gasteiger partial charge >= 0.3 is 0 Å². The Morgan fingerprint density at radius 3 is 2.23 bits per heavy atom. The van der Waals surface area contributed by atoms with Crippen LogP contribution in [0.5, 0.6) is 5.75 Å². The van der Waals surface area contributed by atoms with Crippen molar-refractivity contribution in [3.05, 3.63) is 126 Å². The highest BCUT2D eigenvalue weighted by atomic mass is 32.2. The third-order valence-electron chi connectivity index (χ3n) is 6.29. The fourth-order valence-electron chi connectivity index (χ4n) is 4.22. The fraction of sp³-hybridized carbons (Fsp3) is 0.226. The van der Waals surface area contributed by atoms with Gasteiger partial charge in [-0.1, -0.05) is 48.5 Å². The third-order valence-corrected chi connectivity index (χ3v) is 8.10. The number of carbonyl (C=O) groups excluding carboxylic acids is 1. The molecule has 0 aliphatic rings. The van der Waals surface area contributed by atoms with Crippen molar-refractivity contribution in [2.24, 2.45) is 0 Å². The van der Waals surface area contributed by atoms with E-state index in [1.54, 1.807) is 54.7 Å². The zero-order valence-electron chi connectivity index (χ0n) is 22.3. The quantitative estimate of drug-likeness (QED) is 0.254. The number of nitrogens with zero attached hydrogens (tertiary/aromatic N) is 2. The lowest BCUT2D eigenvalue weighted by Gasteiger charge is -2.22. The first-order valence-corrected chi connectivity index (χ1v) is 14.5. The Balaban J connectivity index is 1.50. The zero-order chi connectivity index (χ0) is 28.4. The van der Waals surface area contributed by atoms with E-state index in [-0.39, 0.29) is 30.5 Å². The summed E-state index contributed by atoms with van der Waals surface area (Å²) >= 11 is 0. The smallest absolute Gasteiger partial charge is 0.251 e. The van der Waals surface area contributed by atoms with Crippen LogP contribution in [-0.4, -0.2) is 48.0 Å². The van der Waals surface area contributed by atoms with E-state index in [0.717, 1.165) is 5.56 Å². The van der Waals surface area contributed by atoms with Crippen molar-refractivity contribution in [2.75, 3.05) is 13.2 Å². The molecule has 0 aliphatic heterocycles. The van der Waals surface area contributed by atoms with Crippen LogP contribution in [0.2, 0.25) is 0 Å². The van der Waals surface area contributed by atoms with Crippen LogP contribution in [0.3, 0.4) is 0 Å². The molecular weight excluding hydrogens is 526 g/mol. The molecule has 0 saturated heterocycles. The van der Waals surface area contributed by atoms with Gasteiger partial charge in [0.1, 0.15) is 5.75 Å². The van der Waals surface area contributed by atoms with Gasteiger partial charge in [0.2, 0.25) is 10.0 Å². The predicted molar refractivity (Wildman–Crippen MR) is 153 cm³/mol. The van der Waals surface area contributed by atoms with E-state index in [1.807, 2.05) is 43.3 Å². The maximum absolute atomic E-state index is 13.7. The molecule has 2 N–H and O–H groups in total. The average molecular weight is 560 g/mol. The van der Waals surface area contributed by atoms with Crippen LogP contribution >= 0.6 is 0 Å². The normalized spacial score (nSPS) is 12.2. The summed E-state index contributed by atoms with van der Waals surface area (Å²) in [7, 11) is -3.87. The first-order chi connectivity index (χ1) is 19.4. The lowest BCUT2D eigenvalue weighted by molar-refractivity contribution is 0.0916. The Hall–Kier alpha value is -4.05. The van der Waals surface area contributed by atoms with Gasteiger partial charge < -0.3 is 15.2 Å². The first kappa shape index (κ1) is 28.9. The first-order valence-electron chi connectivity index (χ1n) is 13.1. The van der Waals surface area contributed by atoms with E-state index in [2.05, 4.69) is 10.3 Å². The Morgan fingerprint density at radius 1 is 0.900 bits per heavy atom. The molecule has 0 unspecified atom stereocenters. The number of aliphatic hydroxyl groups is 1. The molecule has 8 nitrogen and oxygen atoms in total. The second-order valence-electron chi connectivity index (χ2n) is 9.24. The van der Waals surface area contributed by atoms with E-state index < -0.39 is 16.1 Å². The van der Waals surface area contributed by atoms with Crippen LogP contribution in [0.4, 0.5) is 0 Å². The summed E-state index contributed by atoms with van der Waals surface area (Å²) in [5.74, 6) is 0.285. The number of rotatable bonds is 13. The van der Waals surface area contributed by atoms with Crippen LogP contribution < -0.4 is 10.1 Å². The maximum atomic E-state index is 13.7. The molecule has 0 aliphatic carbocycles. The highest BCUT2D eigenvalue weighted by Gasteiger charge is 2.26. The predicted octanol–water partition coefficient (Wildman–Crippen LogP) is 4.20. The molecular formula is C31H33N3O5S. The molecule has 3 aromatic carbocycles. The number of nitrogens with one attached hydrogen (secondary N) is 1. The molecule has 0 fully saturated rings. The maximum Gasteiger partial charge on any atom is 0.251 e. The van der Waals surface area contributed by atoms with Gasteiger partial charge in [-0.15, -0.1) is 0 Å². The largest absolute Gasteiger partial charge is 0.494 e. The second-order valence-corrected chi connectivity index (χ2v) is 11.2. The number of carbonyl (C=O) groups is 1. The Kier molecular flexibility index (Phi) is 10.0. The van der Waals surface area contributed by atoms with Crippen molar-refractivity contribution in [2.45, 2.75) is 37.4 Å². The average Bonchev–Trinajstić information content (AvgIpc) is 2.98. The van der Waals surface area contributed by atoms with Gasteiger partial charge in [0.05, 0.1) is 36.4 Å². The number of pyridine rings is 1. The van der Waals surface area contributed by atoms with E-state index in [0.29, 0.717) is 35.6 Å². The fourth-order valence-corrected chi connectivity index (χ4v) is 5.61. The second kappa shape index (κ2) is 13.8. The number of amides is 1. The number of ether oxygens (including phenoxy) is 1. The Labute approximate surface area is 235 Å². The summed E-state index contributed by atoms with van der Waals surface area (Å²) < 4.78 is 34.1. The molecule has 4 aromatic rings. The van der Waals surface area contributed by atoms with Crippen molar-refractivity contribution >= 4 is 15.9 Å². The molecule has 1 amide bonds. The zero-order valence-corrected chi connectivity index (χ0v) is 23.1. The van der Waals surface area contributed by atoms with E-state index in [4.69, 9.17) is 4.74 Å². The molecule has 0 bridgehead atoms. The number of hydrogen-bond donors (Lipinski definition) is 2. The summed E-state index contributed by atoms with van der Waals surface area (Å²) in [6.07, 6.45) is 2.13. The SMILES string of the molecule is CCOc1ccc(S(=O)(=O)N(Cc2ccc(C(=O)N[C@H](CO)Cc3ccccc3)cc2)Cc2ccccn2)cc1. The molecule has 1 atom stereocenters. The molecule has 1 aromatic heterocycles. The van der Waals surface area contributed by atoms with Gasteiger partial charge in [0, 0.05) is 18.3 Å². The van der Waals surface area contributed by atoms with E-state index in [9.17, 15) is 18.3 Å². The minimum atomic E-state index is -3.87. The van der Waals surface area contributed by atoms with Crippen LogP contribution in [0.15, 0.2) is 108 Å². The molecule has 9 heteroatoms. The molecule has 0 spiro atoms. The topological polar surface area (TPSA) is 109 Å². The van der Waals surface area contributed by atoms with Crippen LogP contribution in [0.1, 0.15) is 34.1 Å². The summed E-state index contributed by atoms with van der Waals surface area (Å²) in [4.78, 5) is 17.3. The number of hydrogen-bond acceptors (Lipinski definition) is 6. The van der Waals surface area contributed by atoms with Crippen molar-refractivity contribution in [3.63, 3.8) is 0 Å². The lowest BCUT2D eigenvalue weighted by atomic mass is 10.1. The van der Waals surface area contributed by atoms with Crippen molar-refractivity contribution < 1.29 is 23.1 Å². The molecule has 40 heavy (non-hydrogen) atoms. The van der Waals surface area contributed by atoms with Crippen LogP contribution in [0.25, 0.3) is 0 Å². The van der Waals surface area contributed by atoms with Crippen molar-refractivity contribution in [1.29, 1.82) is 0 Å². The minimum absolute atomic E-state index is 0.0797. The van der Waals surface area contributed by atoms with Gasteiger partial charge in [0.15, 0.2) is 0 Å². The Morgan fingerprint density at radius 2 is 1.60 bits per heavy atom. The minimum Gasteiger partial charge on any atom is -0.494 e. The van der Waals surface area contributed by atoms with Crippen LogP contribution in [-0.2, 0) is 29.5 Å². The van der Waals surface area contributed by atoms with E-state index >= 15 is 0 Å². The monoisotopic (exact) mass is 559 g/mol. The molecule has 4 rings (SSSR count). The third kappa shape index (κ3) is 7.75. The van der Waals surface area contributed by atoms with Gasteiger partial charge in [-0.3, -0.25) is 9.78 Å². The van der Waals surface area contributed by atoms with Crippen LogP contribution in [0, 0.1) is 0 Å². The van der Waals surface area contributed by atoms with Crippen molar-refractivity contribution in [3.8, 4) is 5.75 Å². The lowest BCUT2D eigenvalue weighted by Crippen LogP contribution is -2.39. The van der Waals surface area contributed by atoms with E-state index in [1.165, 1.54) is 16.4 Å². The highest BCUT2D eigenvalue weighted by molar-refractivity contribution is 7.89. The molecule has 0 radical (unpaired) electrons. The highest BCUT2D eigenvalue weighted by Crippen LogP contribution is 2.23. The number of aromatic nitrogens is 1. The van der Waals surface area contributed by atoms with Crippen molar-refractivity contribution in [1.82, 2.24) is 14.6 Å². The van der Waals surface area contributed by atoms with Gasteiger partial charge in [0.25, 0.3) is 5.91 Å². The molecule has 0 saturated carbocycles. The summed E-state index contributed by atoms with van der Waals surface area (Å²) in [6.45, 7) is 2.33. The summed E-state index contributed by atoms with van der Waals surface area (Å²) in [5.41, 5.74) is 2.76. The van der Waals surface area contributed by atoms with Gasteiger partial charge in [-0.25, -0.2) is 8.42 Å². The van der Waals surface area contributed by atoms with Gasteiger partial charge in [-0.05, 0) is 73.0 Å². The summed E-state index contributed by atoms with van der Waals surface area (Å²) in [6, 6.07) is 27.7. The molecule has 208 valence electrons. The number of benzene rings is 3. The standard InChI is InChI=1S/C31H33N3O5S/c1-2-39-29-15-17-30(18-16-29)40(37,38)34(22-27-10-6-7-19-32-27)21-25-11-13-26(14-12-25)31(36)33-28(23-35)20-24-8-4-3-5-9-24/h3-19,28,35H,2,20-23H2,1H3,(H,33,36)/t28-/m0/s1. The van der Waals surface area contributed by atoms with Gasteiger partial charge in [-0.2, -0.15) is 4.31 Å².